The summed E-state index contributed by atoms with van der Waals surface area (Å²) in [5.74, 6) is 0. The summed E-state index contributed by atoms with van der Waals surface area (Å²) < 4.78 is 49.6. The Kier molecular flexibility index (Phi) is 5.38. The van der Waals surface area contributed by atoms with Crippen molar-refractivity contribution >= 4 is 20.0 Å². The molecule has 19 heavy (non-hydrogen) atoms. The summed E-state index contributed by atoms with van der Waals surface area (Å²) in [4.78, 5) is 3.88. The summed E-state index contributed by atoms with van der Waals surface area (Å²) in [6.45, 7) is 0.159. The molecule has 1 aromatic rings. The van der Waals surface area contributed by atoms with Gasteiger partial charge < -0.3 is 5.73 Å². The minimum atomic E-state index is -3.69. The number of aromatic nitrogens is 1. The van der Waals surface area contributed by atoms with Gasteiger partial charge in [-0.2, -0.15) is 0 Å². The second-order valence-electron chi connectivity index (χ2n) is 3.75. The van der Waals surface area contributed by atoms with Crippen molar-refractivity contribution in [2.45, 2.75) is 11.4 Å². The Morgan fingerprint density at radius 2 is 1.79 bits per heavy atom. The third kappa shape index (κ3) is 5.61. The summed E-state index contributed by atoms with van der Waals surface area (Å²) in [6.07, 6.45) is 2.20. The number of nitrogens with two attached hydrogens (primary N) is 1. The lowest BCUT2D eigenvalue weighted by Crippen LogP contribution is -2.34. The van der Waals surface area contributed by atoms with Gasteiger partial charge >= 0.3 is 0 Å². The summed E-state index contributed by atoms with van der Waals surface area (Å²) in [7, 11) is -7.02. The molecule has 0 atom stereocenters. The van der Waals surface area contributed by atoms with Gasteiger partial charge in [0.2, 0.25) is 20.0 Å². The Balaban J connectivity index is 2.60. The molecule has 108 valence electrons. The van der Waals surface area contributed by atoms with Gasteiger partial charge in [0.25, 0.3) is 0 Å². The molecule has 1 heterocycles. The lowest BCUT2D eigenvalue weighted by atomic mass is 10.4. The molecule has 0 aliphatic rings. The minimum Gasteiger partial charge on any atom is -0.325 e. The molecule has 0 saturated carbocycles. The third-order valence-electron chi connectivity index (χ3n) is 2.10. The molecule has 1 aromatic heterocycles. The van der Waals surface area contributed by atoms with Gasteiger partial charge in [0.15, 0.2) is 0 Å². The van der Waals surface area contributed by atoms with Crippen molar-refractivity contribution in [1.29, 1.82) is 0 Å². The van der Waals surface area contributed by atoms with E-state index in [4.69, 9.17) is 5.73 Å². The van der Waals surface area contributed by atoms with E-state index in [1.54, 1.807) is 0 Å². The van der Waals surface area contributed by atoms with Crippen molar-refractivity contribution in [1.82, 2.24) is 14.4 Å². The van der Waals surface area contributed by atoms with E-state index in [0.29, 0.717) is 5.69 Å². The fraction of sp³-hybridized carbons (Fsp3) is 0.444. The molecule has 0 unspecified atom stereocenters. The predicted molar refractivity (Wildman–Crippen MR) is 70.2 cm³/mol. The zero-order valence-electron chi connectivity index (χ0n) is 10.3. The zero-order valence-corrected chi connectivity index (χ0v) is 12.0. The largest absolute Gasteiger partial charge is 0.325 e. The Hall–Kier alpha value is -1.07. The maximum atomic E-state index is 11.8. The quantitative estimate of drug-likeness (QED) is 0.518. The standard InChI is InChI=1S/C9H16N4O4S2/c1-18(14,15)12-4-5-13-19(16,17)9-3-2-8(6-10)11-7-9/h2-3,7,12-13H,4-6,10H2,1H3. The smallest absolute Gasteiger partial charge is 0.242 e. The lowest BCUT2D eigenvalue weighted by molar-refractivity contribution is 0.573. The van der Waals surface area contributed by atoms with E-state index in [9.17, 15) is 16.8 Å². The SMILES string of the molecule is CS(=O)(=O)NCCNS(=O)(=O)c1ccc(CN)nc1. The Labute approximate surface area is 112 Å². The number of nitrogens with zero attached hydrogens (tertiary/aromatic N) is 1. The van der Waals surface area contributed by atoms with Gasteiger partial charge in [-0.3, -0.25) is 4.98 Å². The van der Waals surface area contributed by atoms with E-state index in [1.165, 1.54) is 18.3 Å². The second kappa shape index (κ2) is 6.39. The van der Waals surface area contributed by atoms with Crippen molar-refractivity contribution in [2.75, 3.05) is 19.3 Å². The molecule has 0 bridgehead atoms. The molecule has 1 rings (SSSR count). The molecule has 4 N–H and O–H groups in total. The first-order valence-corrected chi connectivity index (χ1v) is 8.71. The van der Waals surface area contributed by atoms with Crippen LogP contribution in [0.1, 0.15) is 5.69 Å². The molecule has 0 aromatic carbocycles. The molecule has 0 radical (unpaired) electrons. The van der Waals surface area contributed by atoms with Crippen molar-refractivity contribution in [3.63, 3.8) is 0 Å². The molecule has 8 nitrogen and oxygen atoms in total. The topological polar surface area (TPSA) is 131 Å². The van der Waals surface area contributed by atoms with Gasteiger partial charge in [-0.15, -0.1) is 0 Å². The average molecular weight is 308 g/mol. The molecule has 0 saturated heterocycles. The van der Waals surface area contributed by atoms with Crippen LogP contribution in [0.2, 0.25) is 0 Å². The predicted octanol–water partition coefficient (Wildman–Crippen LogP) is -1.63. The summed E-state index contributed by atoms with van der Waals surface area (Å²) >= 11 is 0. The van der Waals surface area contributed by atoms with E-state index in [0.717, 1.165) is 6.26 Å². The highest BCUT2D eigenvalue weighted by atomic mass is 32.2. The van der Waals surface area contributed by atoms with Crippen LogP contribution in [0.4, 0.5) is 0 Å². The molecular weight excluding hydrogens is 292 g/mol. The zero-order chi connectivity index (χ0) is 14.5. The van der Waals surface area contributed by atoms with Crippen molar-refractivity contribution in [2.24, 2.45) is 5.73 Å². The van der Waals surface area contributed by atoms with Crippen molar-refractivity contribution in [3.05, 3.63) is 24.0 Å². The molecular formula is C9H16N4O4S2. The molecule has 0 aliphatic carbocycles. The van der Waals surface area contributed by atoms with Gasteiger partial charge in [0.1, 0.15) is 4.90 Å². The van der Waals surface area contributed by atoms with Gasteiger partial charge in [-0.1, -0.05) is 0 Å². The maximum Gasteiger partial charge on any atom is 0.242 e. The Morgan fingerprint density at radius 3 is 2.26 bits per heavy atom. The number of sulfonamides is 2. The molecule has 0 aliphatic heterocycles. The first kappa shape index (κ1) is 16.0. The van der Waals surface area contributed by atoms with Gasteiger partial charge in [0.05, 0.1) is 11.9 Å². The number of hydrogen-bond acceptors (Lipinski definition) is 6. The van der Waals surface area contributed by atoms with Crippen LogP contribution in [-0.4, -0.2) is 41.2 Å². The summed E-state index contributed by atoms with van der Waals surface area (Å²) in [5, 5.41) is 0. The minimum absolute atomic E-state index is 0.00376. The summed E-state index contributed by atoms with van der Waals surface area (Å²) in [5.41, 5.74) is 5.94. The fourth-order valence-electron chi connectivity index (χ4n) is 1.20. The van der Waals surface area contributed by atoms with Crippen molar-refractivity contribution in [3.8, 4) is 0 Å². The average Bonchev–Trinajstić information content (AvgIpc) is 2.34. The van der Waals surface area contributed by atoms with E-state index < -0.39 is 20.0 Å². The van der Waals surface area contributed by atoms with Crippen LogP contribution in [0.3, 0.4) is 0 Å². The number of pyridine rings is 1. The monoisotopic (exact) mass is 308 g/mol. The fourth-order valence-corrected chi connectivity index (χ4v) is 2.64. The number of rotatable bonds is 7. The third-order valence-corrected chi connectivity index (χ3v) is 4.27. The van der Waals surface area contributed by atoms with Crippen LogP contribution in [0.15, 0.2) is 23.2 Å². The maximum absolute atomic E-state index is 11.8. The van der Waals surface area contributed by atoms with E-state index in [-0.39, 0.29) is 24.5 Å². The second-order valence-corrected chi connectivity index (χ2v) is 7.35. The summed E-state index contributed by atoms with van der Waals surface area (Å²) in [6, 6.07) is 2.91. The van der Waals surface area contributed by atoms with Gasteiger partial charge in [-0.05, 0) is 12.1 Å². The normalized spacial score (nSPS) is 12.5. The highest BCUT2D eigenvalue weighted by Crippen LogP contribution is 2.06. The first-order valence-electron chi connectivity index (χ1n) is 5.34. The van der Waals surface area contributed by atoms with Crippen LogP contribution in [0.5, 0.6) is 0 Å². The van der Waals surface area contributed by atoms with Crippen LogP contribution in [0, 0.1) is 0 Å². The van der Waals surface area contributed by atoms with Crippen LogP contribution < -0.4 is 15.2 Å². The highest BCUT2D eigenvalue weighted by Gasteiger charge is 2.13. The van der Waals surface area contributed by atoms with E-state index in [1.807, 2.05) is 0 Å². The van der Waals surface area contributed by atoms with E-state index >= 15 is 0 Å². The molecule has 0 spiro atoms. The molecule has 10 heteroatoms. The van der Waals surface area contributed by atoms with Gasteiger partial charge in [0, 0.05) is 25.8 Å². The van der Waals surface area contributed by atoms with Crippen LogP contribution >= 0.6 is 0 Å². The lowest BCUT2D eigenvalue weighted by Gasteiger charge is -2.07. The van der Waals surface area contributed by atoms with E-state index in [2.05, 4.69) is 14.4 Å². The molecule has 0 amide bonds. The highest BCUT2D eigenvalue weighted by molar-refractivity contribution is 7.89. The van der Waals surface area contributed by atoms with Crippen LogP contribution in [0.25, 0.3) is 0 Å². The molecule has 0 fully saturated rings. The van der Waals surface area contributed by atoms with Gasteiger partial charge in [-0.25, -0.2) is 26.3 Å². The Morgan fingerprint density at radius 1 is 1.16 bits per heavy atom. The number of hydrogen-bond donors (Lipinski definition) is 3. The van der Waals surface area contributed by atoms with Crippen molar-refractivity contribution < 1.29 is 16.8 Å². The Bertz CT molecular complexity index is 610. The van der Waals surface area contributed by atoms with Crippen LogP contribution in [-0.2, 0) is 26.6 Å². The first-order chi connectivity index (χ1) is 8.74. The number of nitrogens with one attached hydrogen (secondary N) is 2.